The Morgan fingerprint density at radius 1 is 1.26 bits per heavy atom. The van der Waals surface area contributed by atoms with Crippen molar-refractivity contribution in [3.8, 4) is 17.3 Å². The minimum absolute atomic E-state index is 0.0238. The van der Waals surface area contributed by atoms with Crippen LogP contribution >= 0.6 is 0 Å². The lowest BCUT2D eigenvalue weighted by Gasteiger charge is -2.06. The van der Waals surface area contributed by atoms with Crippen LogP contribution in [0.25, 0.3) is 11.3 Å². The van der Waals surface area contributed by atoms with E-state index in [1.54, 1.807) is 12.1 Å². The van der Waals surface area contributed by atoms with Gasteiger partial charge in [0, 0.05) is 5.56 Å². The van der Waals surface area contributed by atoms with Crippen LogP contribution in [0.1, 0.15) is 5.56 Å². The van der Waals surface area contributed by atoms with E-state index in [2.05, 4.69) is 10.3 Å². The fourth-order valence-electron chi connectivity index (χ4n) is 1.53. The quantitative estimate of drug-likeness (QED) is 0.866. The Hall–Kier alpha value is -2.94. The highest BCUT2D eigenvalue weighted by molar-refractivity contribution is 5.82. The number of benzene rings is 1. The summed E-state index contributed by atoms with van der Waals surface area (Å²) in [5.41, 5.74) is 0.935. The smallest absolute Gasteiger partial charge is 0.410 e. The second-order valence-corrected chi connectivity index (χ2v) is 3.65. The molecule has 0 atom stereocenters. The third kappa shape index (κ3) is 2.84. The molecular formula is C13H8FN3O2. The predicted octanol–water partition coefficient (Wildman–Crippen LogP) is 2.85. The van der Waals surface area contributed by atoms with E-state index in [0.29, 0.717) is 11.1 Å². The molecule has 5 nitrogen and oxygen atoms in total. The van der Waals surface area contributed by atoms with Crippen molar-refractivity contribution in [3.05, 3.63) is 47.8 Å². The Morgan fingerprint density at radius 3 is 2.53 bits per heavy atom. The van der Waals surface area contributed by atoms with Crippen LogP contribution in [-0.4, -0.2) is 16.2 Å². The molecule has 0 aliphatic heterocycles. The van der Waals surface area contributed by atoms with E-state index in [1.807, 2.05) is 6.07 Å². The van der Waals surface area contributed by atoms with Gasteiger partial charge in [0.05, 0.1) is 11.6 Å². The van der Waals surface area contributed by atoms with Crippen LogP contribution in [0.2, 0.25) is 0 Å². The molecule has 0 saturated carbocycles. The molecule has 0 aliphatic carbocycles. The van der Waals surface area contributed by atoms with Crippen LogP contribution in [0.5, 0.6) is 0 Å². The van der Waals surface area contributed by atoms with Gasteiger partial charge in [-0.2, -0.15) is 5.26 Å². The van der Waals surface area contributed by atoms with Crippen LogP contribution in [-0.2, 0) is 0 Å². The van der Waals surface area contributed by atoms with Crippen molar-refractivity contribution < 1.29 is 14.3 Å². The lowest BCUT2D eigenvalue weighted by Crippen LogP contribution is -2.09. The molecular weight excluding hydrogens is 249 g/mol. The Morgan fingerprint density at radius 2 is 1.95 bits per heavy atom. The summed E-state index contributed by atoms with van der Waals surface area (Å²) in [6.45, 7) is 0. The number of hydrogen-bond acceptors (Lipinski definition) is 3. The predicted molar refractivity (Wildman–Crippen MR) is 66.0 cm³/mol. The molecule has 1 aromatic carbocycles. The summed E-state index contributed by atoms with van der Waals surface area (Å²) >= 11 is 0. The lowest BCUT2D eigenvalue weighted by molar-refractivity contribution is 0.209. The van der Waals surface area contributed by atoms with Gasteiger partial charge in [0.2, 0.25) is 0 Å². The molecule has 19 heavy (non-hydrogen) atoms. The number of nitrogens with one attached hydrogen (secondary N) is 1. The van der Waals surface area contributed by atoms with Crippen LogP contribution in [0.15, 0.2) is 36.4 Å². The number of amides is 1. The highest BCUT2D eigenvalue weighted by atomic mass is 19.1. The maximum atomic E-state index is 13.7. The van der Waals surface area contributed by atoms with Gasteiger partial charge < -0.3 is 5.11 Å². The standard InChI is InChI=1S/C13H8FN3O2/c14-10-5-6-11(17-13(18)19)16-12(10)9-3-1-8(7-15)2-4-9/h1-6H,(H,16,17)(H,18,19). The molecule has 6 heteroatoms. The molecule has 94 valence electrons. The molecule has 2 aromatic rings. The summed E-state index contributed by atoms with van der Waals surface area (Å²) in [6, 6.07) is 10.5. The molecule has 1 aromatic heterocycles. The zero-order chi connectivity index (χ0) is 13.8. The second kappa shape index (κ2) is 5.14. The summed E-state index contributed by atoms with van der Waals surface area (Å²) in [7, 11) is 0. The lowest BCUT2D eigenvalue weighted by atomic mass is 10.1. The Balaban J connectivity index is 2.42. The maximum Gasteiger partial charge on any atom is 0.410 e. The first kappa shape index (κ1) is 12.5. The molecule has 0 spiro atoms. The normalized spacial score (nSPS) is 9.68. The molecule has 2 N–H and O–H groups in total. The van der Waals surface area contributed by atoms with E-state index in [1.165, 1.54) is 18.2 Å². The molecule has 2 rings (SSSR count). The van der Waals surface area contributed by atoms with Crippen LogP contribution < -0.4 is 5.32 Å². The van der Waals surface area contributed by atoms with Gasteiger partial charge in [-0.25, -0.2) is 14.2 Å². The number of rotatable bonds is 2. The van der Waals surface area contributed by atoms with Gasteiger partial charge in [0.25, 0.3) is 0 Å². The van der Waals surface area contributed by atoms with Gasteiger partial charge in [-0.05, 0) is 24.3 Å². The largest absolute Gasteiger partial charge is 0.465 e. The van der Waals surface area contributed by atoms with Crippen LogP contribution in [0, 0.1) is 17.1 Å². The third-order valence-electron chi connectivity index (χ3n) is 2.37. The number of pyridine rings is 1. The van der Waals surface area contributed by atoms with Gasteiger partial charge in [-0.1, -0.05) is 12.1 Å². The number of anilines is 1. The molecule has 0 aliphatic rings. The number of carbonyl (C=O) groups is 1. The molecule has 1 amide bonds. The fraction of sp³-hybridized carbons (Fsp3) is 0. The number of carboxylic acid groups (broad SMARTS) is 1. The summed E-state index contributed by atoms with van der Waals surface area (Å²) in [6.07, 6.45) is -1.27. The maximum absolute atomic E-state index is 13.7. The first-order valence-electron chi connectivity index (χ1n) is 5.27. The van der Waals surface area contributed by atoms with E-state index in [0.717, 1.165) is 6.07 Å². The summed E-state index contributed by atoms with van der Waals surface area (Å²) < 4.78 is 13.7. The minimum Gasteiger partial charge on any atom is -0.465 e. The number of hydrogen-bond donors (Lipinski definition) is 2. The number of halogens is 1. The number of aromatic nitrogens is 1. The van der Waals surface area contributed by atoms with Crippen molar-refractivity contribution in [2.24, 2.45) is 0 Å². The van der Waals surface area contributed by atoms with Crippen molar-refractivity contribution >= 4 is 11.9 Å². The summed E-state index contributed by atoms with van der Waals surface area (Å²) in [5.74, 6) is -0.533. The topological polar surface area (TPSA) is 86.0 Å². The van der Waals surface area contributed by atoms with Gasteiger partial charge >= 0.3 is 6.09 Å². The van der Waals surface area contributed by atoms with E-state index >= 15 is 0 Å². The zero-order valence-electron chi connectivity index (χ0n) is 9.59. The van der Waals surface area contributed by atoms with E-state index in [9.17, 15) is 9.18 Å². The van der Waals surface area contributed by atoms with Gasteiger partial charge in [0.15, 0.2) is 0 Å². The summed E-state index contributed by atoms with van der Waals surface area (Å²) in [4.78, 5) is 14.4. The monoisotopic (exact) mass is 257 g/mol. The first-order chi connectivity index (χ1) is 9.10. The molecule has 1 heterocycles. The average Bonchev–Trinajstić information content (AvgIpc) is 2.40. The SMILES string of the molecule is N#Cc1ccc(-c2nc(NC(=O)O)ccc2F)cc1. The van der Waals surface area contributed by atoms with Crippen molar-refractivity contribution in [2.75, 3.05) is 5.32 Å². The fourth-order valence-corrected chi connectivity index (χ4v) is 1.53. The van der Waals surface area contributed by atoms with Crippen molar-refractivity contribution in [3.63, 3.8) is 0 Å². The summed E-state index contributed by atoms with van der Waals surface area (Å²) in [5, 5.41) is 19.3. The van der Waals surface area contributed by atoms with Crippen LogP contribution in [0.3, 0.4) is 0 Å². The second-order valence-electron chi connectivity index (χ2n) is 3.65. The first-order valence-corrected chi connectivity index (χ1v) is 5.27. The highest BCUT2D eigenvalue weighted by Gasteiger charge is 2.09. The van der Waals surface area contributed by atoms with Crippen LogP contribution in [0.4, 0.5) is 15.0 Å². The molecule has 0 fully saturated rings. The van der Waals surface area contributed by atoms with Crippen molar-refractivity contribution in [1.82, 2.24) is 4.98 Å². The Labute approximate surface area is 108 Å². The minimum atomic E-state index is -1.27. The van der Waals surface area contributed by atoms with Crippen molar-refractivity contribution in [2.45, 2.75) is 0 Å². The highest BCUT2D eigenvalue weighted by Crippen LogP contribution is 2.22. The number of nitriles is 1. The van der Waals surface area contributed by atoms with Gasteiger partial charge in [-0.15, -0.1) is 0 Å². The third-order valence-corrected chi connectivity index (χ3v) is 2.37. The Kier molecular flexibility index (Phi) is 3.39. The molecule has 0 unspecified atom stereocenters. The Bertz CT molecular complexity index is 663. The number of nitrogens with zero attached hydrogens (tertiary/aromatic N) is 2. The molecule has 0 saturated heterocycles. The molecule has 0 bridgehead atoms. The average molecular weight is 257 g/mol. The van der Waals surface area contributed by atoms with Gasteiger partial charge in [0.1, 0.15) is 17.3 Å². The van der Waals surface area contributed by atoms with E-state index < -0.39 is 11.9 Å². The van der Waals surface area contributed by atoms with E-state index in [4.69, 9.17) is 10.4 Å². The van der Waals surface area contributed by atoms with Gasteiger partial charge in [-0.3, -0.25) is 5.32 Å². The van der Waals surface area contributed by atoms with Crippen molar-refractivity contribution in [1.29, 1.82) is 5.26 Å². The zero-order valence-corrected chi connectivity index (χ0v) is 9.59. The van der Waals surface area contributed by atoms with E-state index in [-0.39, 0.29) is 11.5 Å². The molecule has 0 radical (unpaired) electrons.